The summed E-state index contributed by atoms with van der Waals surface area (Å²) in [5, 5.41) is 49.6. The summed E-state index contributed by atoms with van der Waals surface area (Å²) in [6.45, 7) is 5.25. The SMILES string of the molecule is CC(C(=O)NCC(=O)NCCC#Cc1cncc([C@H](CC(=O)O)NC(=O)[C@@H]2CCCN(C(=O)CCC3CCNCC3)C2)c1)N1CCN(CC(=O)O)CCN(CC(=O)O)CCN(CC(=O)O)CC1. The van der Waals surface area contributed by atoms with Gasteiger partial charge in [-0.15, -0.1) is 0 Å². The van der Waals surface area contributed by atoms with E-state index in [9.17, 15) is 58.8 Å². The number of amides is 4. The Hall–Kier alpha value is -5.73. The summed E-state index contributed by atoms with van der Waals surface area (Å²) in [6, 6.07) is -0.00290. The molecule has 0 saturated carbocycles. The summed E-state index contributed by atoms with van der Waals surface area (Å²) in [4.78, 5) is 112. The Balaban J connectivity index is 1.26. The molecule has 0 aromatic carbocycles. The Kier molecular flexibility index (Phi) is 22.9. The zero-order chi connectivity index (χ0) is 48.7. The molecule has 3 saturated heterocycles. The number of nitrogens with zero attached hydrogens (tertiary/aromatic N) is 6. The molecule has 3 atom stereocenters. The lowest BCUT2D eigenvalue weighted by molar-refractivity contribution is -0.140. The average Bonchev–Trinajstić information content (AvgIpc) is 3.29. The fourth-order valence-electron chi connectivity index (χ4n) is 8.47. The molecule has 22 heteroatoms. The molecule has 1 aromatic heterocycles. The summed E-state index contributed by atoms with van der Waals surface area (Å²) < 4.78 is 0. The van der Waals surface area contributed by atoms with E-state index in [2.05, 4.69) is 38.1 Å². The van der Waals surface area contributed by atoms with Gasteiger partial charge in [-0.05, 0) is 69.7 Å². The molecule has 4 rings (SSSR count). The van der Waals surface area contributed by atoms with Crippen LogP contribution < -0.4 is 21.3 Å². The Morgan fingerprint density at radius 1 is 0.776 bits per heavy atom. The molecule has 4 heterocycles. The Labute approximate surface area is 391 Å². The lowest BCUT2D eigenvalue weighted by Crippen LogP contribution is -2.53. The molecule has 67 heavy (non-hydrogen) atoms. The van der Waals surface area contributed by atoms with Gasteiger partial charge in [-0.25, -0.2) is 0 Å². The van der Waals surface area contributed by atoms with Crippen LogP contribution in [0, 0.1) is 23.7 Å². The predicted molar refractivity (Wildman–Crippen MR) is 242 cm³/mol. The zero-order valence-corrected chi connectivity index (χ0v) is 38.5. The minimum atomic E-state index is -1.11. The van der Waals surface area contributed by atoms with Gasteiger partial charge >= 0.3 is 23.9 Å². The van der Waals surface area contributed by atoms with Gasteiger partial charge in [-0.2, -0.15) is 0 Å². The van der Waals surface area contributed by atoms with Gasteiger partial charge in [0, 0.05) is 103 Å². The van der Waals surface area contributed by atoms with Gasteiger partial charge in [0.05, 0.1) is 50.6 Å². The first-order chi connectivity index (χ1) is 32.1. The molecule has 8 N–H and O–H groups in total. The summed E-state index contributed by atoms with van der Waals surface area (Å²) in [6.07, 6.45) is 7.48. The minimum absolute atomic E-state index is 0.0439. The van der Waals surface area contributed by atoms with Gasteiger partial charge in [0.15, 0.2) is 0 Å². The van der Waals surface area contributed by atoms with Gasteiger partial charge in [0.2, 0.25) is 23.6 Å². The first-order valence-corrected chi connectivity index (χ1v) is 23.1. The molecule has 0 aliphatic carbocycles. The van der Waals surface area contributed by atoms with E-state index in [-0.39, 0.29) is 116 Å². The van der Waals surface area contributed by atoms with Crippen molar-refractivity contribution in [3.8, 4) is 11.8 Å². The Morgan fingerprint density at radius 2 is 1.37 bits per heavy atom. The van der Waals surface area contributed by atoms with Crippen molar-refractivity contribution in [2.24, 2.45) is 11.8 Å². The average molecular weight is 941 g/mol. The molecule has 0 spiro atoms. The van der Waals surface area contributed by atoms with E-state index in [1.54, 1.807) is 37.5 Å². The molecule has 4 amide bonds. The smallest absolute Gasteiger partial charge is 0.317 e. The van der Waals surface area contributed by atoms with E-state index in [1.807, 2.05) is 0 Å². The number of hydrogen-bond acceptors (Lipinski definition) is 14. The van der Waals surface area contributed by atoms with Crippen LogP contribution in [0.15, 0.2) is 18.5 Å². The lowest BCUT2D eigenvalue weighted by Gasteiger charge is -2.35. The third-order valence-corrected chi connectivity index (χ3v) is 12.3. The first kappa shape index (κ1) is 53.9. The maximum absolute atomic E-state index is 13.5. The molecule has 1 aromatic rings. The molecule has 22 nitrogen and oxygen atoms in total. The minimum Gasteiger partial charge on any atom is -0.481 e. The molecule has 3 aliphatic heterocycles. The second-order valence-corrected chi connectivity index (χ2v) is 17.4. The Morgan fingerprint density at radius 3 is 1.96 bits per heavy atom. The van der Waals surface area contributed by atoms with Crippen LogP contribution in [0.4, 0.5) is 0 Å². The van der Waals surface area contributed by atoms with Crippen LogP contribution >= 0.6 is 0 Å². The van der Waals surface area contributed by atoms with E-state index >= 15 is 0 Å². The third kappa shape index (κ3) is 20.4. The Bertz CT molecular complexity index is 1890. The second kappa shape index (κ2) is 28.4. The van der Waals surface area contributed by atoms with Crippen molar-refractivity contribution in [1.82, 2.24) is 50.8 Å². The van der Waals surface area contributed by atoms with E-state index < -0.39 is 53.7 Å². The van der Waals surface area contributed by atoms with Crippen LogP contribution in [0.5, 0.6) is 0 Å². The molecular formula is C45H68N10O12. The maximum Gasteiger partial charge on any atom is 0.317 e. The number of likely N-dealkylation sites (tertiary alicyclic amines) is 1. The van der Waals surface area contributed by atoms with Crippen LogP contribution in [0.2, 0.25) is 0 Å². The number of hydrogen-bond donors (Lipinski definition) is 8. The standard InChI is InChI=1S/C45H68N10O12/c1-32(54-21-19-52(30-42(62)63)17-15-51(29-41(60)61)16-18-53(20-22-54)31-43(64)65)44(66)49-27-38(56)48-11-3-2-5-34-23-36(26-47-25-34)37(24-40(58)59)50-45(67)35-6-4-14-55(28-35)39(57)8-7-33-9-12-46-13-10-33/h23,25-26,32-33,35,37,46H,3-4,6-22,24,27-31H2,1H3,(H,48,56)(H,49,66)(H,50,67)(H,58,59)(H,60,61)(H,62,63)(H,64,65)/t32?,35-,37+/m1/s1. The molecule has 0 bridgehead atoms. The van der Waals surface area contributed by atoms with Crippen molar-refractivity contribution in [1.29, 1.82) is 0 Å². The number of carbonyl (C=O) groups excluding carboxylic acids is 4. The normalized spacial score (nSPS) is 19.5. The number of nitrogens with one attached hydrogen (secondary N) is 4. The highest BCUT2D eigenvalue weighted by Gasteiger charge is 2.31. The number of carbonyl (C=O) groups is 8. The summed E-state index contributed by atoms with van der Waals surface area (Å²) >= 11 is 0. The van der Waals surface area contributed by atoms with Crippen LogP contribution in [0.25, 0.3) is 0 Å². The summed E-state index contributed by atoms with van der Waals surface area (Å²) in [5.74, 6) is 0.434. The van der Waals surface area contributed by atoms with Crippen molar-refractivity contribution in [3.05, 3.63) is 29.6 Å². The van der Waals surface area contributed by atoms with Gasteiger partial charge in [0.25, 0.3) is 0 Å². The fraction of sp³-hybridized carbons (Fsp3) is 0.667. The van der Waals surface area contributed by atoms with E-state index in [1.165, 1.54) is 12.4 Å². The number of piperidine rings is 2. The predicted octanol–water partition coefficient (Wildman–Crippen LogP) is -1.43. The van der Waals surface area contributed by atoms with Crippen LogP contribution in [-0.2, 0) is 38.4 Å². The van der Waals surface area contributed by atoms with Gasteiger partial charge in [-0.1, -0.05) is 11.8 Å². The highest BCUT2D eigenvalue weighted by Crippen LogP contribution is 2.24. The highest BCUT2D eigenvalue weighted by molar-refractivity contribution is 5.87. The molecule has 3 fully saturated rings. The van der Waals surface area contributed by atoms with Gasteiger partial charge < -0.3 is 46.6 Å². The zero-order valence-electron chi connectivity index (χ0n) is 38.5. The fourth-order valence-corrected chi connectivity index (χ4v) is 8.47. The maximum atomic E-state index is 13.5. The van der Waals surface area contributed by atoms with Crippen LogP contribution in [0.3, 0.4) is 0 Å². The monoisotopic (exact) mass is 941 g/mol. The van der Waals surface area contributed by atoms with E-state index in [4.69, 9.17) is 0 Å². The molecule has 1 unspecified atom stereocenters. The van der Waals surface area contributed by atoms with Crippen LogP contribution in [-0.4, -0.2) is 215 Å². The van der Waals surface area contributed by atoms with Crippen molar-refractivity contribution < 1.29 is 58.8 Å². The third-order valence-electron chi connectivity index (χ3n) is 12.3. The summed E-state index contributed by atoms with van der Waals surface area (Å²) in [7, 11) is 0. The molecule has 3 aliphatic rings. The van der Waals surface area contributed by atoms with Crippen molar-refractivity contribution in [2.45, 2.75) is 70.4 Å². The number of carboxylic acids is 4. The van der Waals surface area contributed by atoms with E-state index in [0.29, 0.717) is 42.9 Å². The molecule has 0 radical (unpaired) electrons. The number of rotatable bonds is 20. The van der Waals surface area contributed by atoms with Gasteiger partial charge in [-0.3, -0.25) is 62.9 Å². The molecule has 370 valence electrons. The number of carboxylic acid groups (broad SMARTS) is 4. The lowest BCUT2D eigenvalue weighted by atomic mass is 9.92. The van der Waals surface area contributed by atoms with E-state index in [0.717, 1.165) is 32.4 Å². The first-order valence-electron chi connectivity index (χ1n) is 23.1. The van der Waals surface area contributed by atoms with Crippen LogP contribution in [0.1, 0.15) is 75.5 Å². The number of aliphatic carboxylic acids is 4. The number of pyridine rings is 1. The van der Waals surface area contributed by atoms with Crippen molar-refractivity contribution in [2.75, 3.05) is 111 Å². The van der Waals surface area contributed by atoms with Crippen molar-refractivity contribution >= 4 is 47.5 Å². The number of aromatic nitrogens is 1. The summed E-state index contributed by atoms with van der Waals surface area (Å²) in [5.41, 5.74) is 0.927. The largest absolute Gasteiger partial charge is 0.481 e. The topological polar surface area (TPSA) is 295 Å². The highest BCUT2D eigenvalue weighted by atomic mass is 16.4. The second-order valence-electron chi connectivity index (χ2n) is 17.4. The molecular weight excluding hydrogens is 873 g/mol. The van der Waals surface area contributed by atoms with Crippen molar-refractivity contribution in [3.63, 3.8) is 0 Å². The quantitative estimate of drug-likeness (QED) is 0.0549. The van der Waals surface area contributed by atoms with Gasteiger partial charge in [0.1, 0.15) is 0 Å².